The van der Waals surface area contributed by atoms with Crippen LogP contribution in [0.3, 0.4) is 0 Å². The van der Waals surface area contributed by atoms with E-state index in [-0.39, 0.29) is 17.8 Å². The van der Waals surface area contributed by atoms with Crippen molar-refractivity contribution >= 4 is 11.8 Å². The third-order valence-electron chi connectivity index (χ3n) is 6.27. The van der Waals surface area contributed by atoms with E-state index in [2.05, 4.69) is 0 Å². The molecule has 4 nitrogen and oxygen atoms in total. The van der Waals surface area contributed by atoms with Gasteiger partial charge in [0.05, 0.1) is 12.7 Å². The predicted molar refractivity (Wildman–Crippen MR) is 88.9 cm³/mol. The summed E-state index contributed by atoms with van der Waals surface area (Å²) in [7, 11) is 1.56. The zero-order valence-corrected chi connectivity index (χ0v) is 14.1. The molecular weight excluding hydrogens is 304 g/mol. The van der Waals surface area contributed by atoms with E-state index < -0.39 is 5.97 Å². The quantitative estimate of drug-likeness (QED) is 0.774. The van der Waals surface area contributed by atoms with Crippen LogP contribution in [0.2, 0.25) is 0 Å². The summed E-state index contributed by atoms with van der Waals surface area (Å²) in [6, 6.07) is 6.84. The number of rotatable bonds is 5. The van der Waals surface area contributed by atoms with Gasteiger partial charge in [0.1, 0.15) is 5.75 Å². The maximum Gasteiger partial charge on any atom is 0.338 e. The molecule has 0 amide bonds. The highest BCUT2D eigenvalue weighted by molar-refractivity contribution is 5.93. The van der Waals surface area contributed by atoms with Crippen LogP contribution in [0.4, 0.5) is 0 Å². The molecule has 24 heavy (non-hydrogen) atoms. The Hall–Kier alpha value is -1.84. The number of methoxy groups -OCH3 is 1. The zero-order chi connectivity index (χ0) is 16.7. The van der Waals surface area contributed by atoms with Gasteiger partial charge < -0.3 is 9.47 Å². The van der Waals surface area contributed by atoms with Crippen molar-refractivity contribution in [2.45, 2.75) is 38.5 Å². The molecular formula is C20H24O4. The lowest BCUT2D eigenvalue weighted by atomic mass is 9.48. The predicted octanol–water partition coefficient (Wildman–Crippen LogP) is 3.64. The van der Waals surface area contributed by atoms with Gasteiger partial charge in [-0.15, -0.1) is 0 Å². The first-order valence-electron chi connectivity index (χ1n) is 8.92. The highest BCUT2D eigenvalue weighted by Gasteiger charge is 2.54. The minimum atomic E-state index is -0.452. The first-order chi connectivity index (χ1) is 11.6. The summed E-state index contributed by atoms with van der Waals surface area (Å²) < 4.78 is 10.5. The van der Waals surface area contributed by atoms with E-state index in [9.17, 15) is 9.59 Å². The molecule has 0 N–H and O–H groups in total. The van der Waals surface area contributed by atoms with Gasteiger partial charge in [-0.2, -0.15) is 0 Å². The zero-order valence-electron chi connectivity index (χ0n) is 14.1. The van der Waals surface area contributed by atoms with Crippen molar-refractivity contribution in [3.05, 3.63) is 29.8 Å². The molecule has 0 radical (unpaired) electrons. The molecule has 4 fully saturated rings. The van der Waals surface area contributed by atoms with Crippen molar-refractivity contribution in [1.29, 1.82) is 0 Å². The summed E-state index contributed by atoms with van der Waals surface area (Å²) in [5, 5.41) is 0. The number of esters is 1. The van der Waals surface area contributed by atoms with Gasteiger partial charge in [0.2, 0.25) is 0 Å². The number of hydrogen-bond acceptors (Lipinski definition) is 4. The highest BCUT2D eigenvalue weighted by atomic mass is 16.5. The SMILES string of the molecule is COc1cccc(C(=O)OCC(=O)C23CC4CC(CC(C4)C2)C3)c1. The molecule has 4 heteroatoms. The van der Waals surface area contributed by atoms with Gasteiger partial charge in [-0.05, 0) is 74.5 Å². The average Bonchev–Trinajstić information content (AvgIpc) is 2.58. The molecule has 5 rings (SSSR count). The summed E-state index contributed by atoms with van der Waals surface area (Å²) in [5.41, 5.74) is 0.219. The largest absolute Gasteiger partial charge is 0.497 e. The Kier molecular flexibility index (Phi) is 3.86. The van der Waals surface area contributed by atoms with Crippen LogP contribution >= 0.6 is 0 Å². The highest BCUT2D eigenvalue weighted by Crippen LogP contribution is 2.60. The molecule has 0 unspecified atom stereocenters. The average molecular weight is 328 g/mol. The van der Waals surface area contributed by atoms with Crippen molar-refractivity contribution in [3.63, 3.8) is 0 Å². The van der Waals surface area contributed by atoms with Gasteiger partial charge in [0.15, 0.2) is 12.4 Å². The van der Waals surface area contributed by atoms with Gasteiger partial charge in [0, 0.05) is 5.41 Å². The van der Waals surface area contributed by atoms with Gasteiger partial charge in [-0.25, -0.2) is 4.79 Å². The van der Waals surface area contributed by atoms with Gasteiger partial charge in [-0.3, -0.25) is 4.79 Å². The first kappa shape index (κ1) is 15.7. The molecule has 4 aliphatic carbocycles. The van der Waals surface area contributed by atoms with Crippen molar-refractivity contribution in [3.8, 4) is 5.75 Å². The molecule has 4 aliphatic rings. The van der Waals surface area contributed by atoms with Crippen molar-refractivity contribution in [2.24, 2.45) is 23.2 Å². The molecule has 1 aromatic carbocycles. The summed E-state index contributed by atoms with van der Waals surface area (Å²) in [6.07, 6.45) is 6.93. The number of benzene rings is 1. The number of carbonyl (C=O) groups is 2. The first-order valence-corrected chi connectivity index (χ1v) is 8.92. The number of Topliss-reactive ketones (excluding diaryl/α,β-unsaturated/α-hetero) is 1. The van der Waals surface area contributed by atoms with Crippen LogP contribution in [0.15, 0.2) is 24.3 Å². The Bertz CT molecular complexity index is 628. The lowest BCUT2D eigenvalue weighted by Crippen LogP contribution is -2.51. The van der Waals surface area contributed by atoms with E-state index in [0.29, 0.717) is 29.1 Å². The Morgan fingerprint density at radius 3 is 2.29 bits per heavy atom. The molecule has 0 aliphatic heterocycles. The van der Waals surface area contributed by atoms with Crippen LogP contribution < -0.4 is 4.74 Å². The summed E-state index contributed by atoms with van der Waals surface area (Å²) >= 11 is 0. The lowest BCUT2D eigenvalue weighted by molar-refractivity contribution is -0.147. The molecule has 0 heterocycles. The Balaban J connectivity index is 1.40. The van der Waals surface area contributed by atoms with E-state index in [0.717, 1.165) is 19.3 Å². The van der Waals surface area contributed by atoms with Gasteiger partial charge >= 0.3 is 5.97 Å². The molecule has 1 aromatic rings. The van der Waals surface area contributed by atoms with Crippen LogP contribution in [-0.4, -0.2) is 25.5 Å². The molecule has 4 bridgehead atoms. The Morgan fingerprint density at radius 1 is 1.08 bits per heavy atom. The van der Waals surface area contributed by atoms with E-state index in [1.54, 1.807) is 31.4 Å². The fourth-order valence-electron chi connectivity index (χ4n) is 5.57. The van der Waals surface area contributed by atoms with Crippen LogP contribution in [0, 0.1) is 23.2 Å². The second-order valence-corrected chi connectivity index (χ2v) is 7.93. The third-order valence-corrected chi connectivity index (χ3v) is 6.27. The van der Waals surface area contributed by atoms with E-state index in [1.165, 1.54) is 19.3 Å². The molecule has 0 aromatic heterocycles. The van der Waals surface area contributed by atoms with E-state index in [1.807, 2.05) is 0 Å². The number of ether oxygens (including phenoxy) is 2. The molecule has 0 spiro atoms. The molecule has 0 saturated heterocycles. The summed E-state index contributed by atoms with van der Waals surface area (Å²) in [4.78, 5) is 25.1. The normalized spacial score (nSPS) is 33.3. The monoisotopic (exact) mass is 328 g/mol. The minimum absolute atomic E-state index is 0.0950. The smallest absolute Gasteiger partial charge is 0.338 e. The lowest BCUT2D eigenvalue weighted by Gasteiger charge is -2.55. The van der Waals surface area contributed by atoms with E-state index >= 15 is 0 Å². The number of ketones is 1. The number of hydrogen-bond donors (Lipinski definition) is 0. The van der Waals surface area contributed by atoms with Crippen LogP contribution in [-0.2, 0) is 9.53 Å². The minimum Gasteiger partial charge on any atom is -0.497 e. The number of carbonyl (C=O) groups excluding carboxylic acids is 2. The van der Waals surface area contributed by atoms with Crippen LogP contribution in [0.25, 0.3) is 0 Å². The van der Waals surface area contributed by atoms with E-state index in [4.69, 9.17) is 9.47 Å². The Morgan fingerprint density at radius 2 is 1.71 bits per heavy atom. The fourth-order valence-corrected chi connectivity index (χ4v) is 5.57. The van der Waals surface area contributed by atoms with Gasteiger partial charge in [-0.1, -0.05) is 6.07 Å². The van der Waals surface area contributed by atoms with Gasteiger partial charge in [0.25, 0.3) is 0 Å². The van der Waals surface area contributed by atoms with Crippen LogP contribution in [0.1, 0.15) is 48.9 Å². The second-order valence-electron chi connectivity index (χ2n) is 7.93. The molecule has 128 valence electrons. The Labute approximate surface area is 142 Å². The fraction of sp³-hybridized carbons (Fsp3) is 0.600. The standard InChI is InChI=1S/C20H24O4/c1-23-17-4-2-3-16(8-17)19(22)24-12-18(21)20-9-13-5-14(10-20)7-15(6-13)11-20/h2-4,8,13-15H,5-7,9-12H2,1H3. The van der Waals surface area contributed by atoms with Crippen molar-refractivity contribution in [2.75, 3.05) is 13.7 Å². The third kappa shape index (κ3) is 2.72. The van der Waals surface area contributed by atoms with Crippen LogP contribution in [0.5, 0.6) is 5.75 Å². The maximum atomic E-state index is 12.9. The topological polar surface area (TPSA) is 52.6 Å². The molecule has 4 saturated carbocycles. The van der Waals surface area contributed by atoms with Crippen molar-refractivity contribution in [1.82, 2.24) is 0 Å². The summed E-state index contributed by atoms with van der Waals surface area (Å²) in [5.74, 6) is 2.44. The molecule has 0 atom stereocenters. The van der Waals surface area contributed by atoms with Crippen molar-refractivity contribution < 1.29 is 19.1 Å². The summed E-state index contributed by atoms with van der Waals surface area (Å²) in [6.45, 7) is -0.0950. The second kappa shape index (κ2) is 5.91. The maximum absolute atomic E-state index is 12.9.